The number of ether oxygens (including phenoxy) is 1. The van der Waals surface area contributed by atoms with Gasteiger partial charge in [-0.05, 0) is 43.5 Å². The van der Waals surface area contributed by atoms with E-state index in [2.05, 4.69) is 26.1 Å². The van der Waals surface area contributed by atoms with Crippen molar-refractivity contribution in [2.24, 2.45) is 5.92 Å². The molecule has 1 aromatic carbocycles. The van der Waals surface area contributed by atoms with E-state index in [1.165, 1.54) is 12.0 Å². The lowest BCUT2D eigenvalue weighted by Crippen LogP contribution is -2.20. The molecule has 1 rings (SSSR count). The van der Waals surface area contributed by atoms with Crippen molar-refractivity contribution in [2.45, 2.75) is 33.2 Å². The maximum Gasteiger partial charge on any atom is 0.174 e. The van der Waals surface area contributed by atoms with Crippen LogP contribution in [0, 0.1) is 17.2 Å². The van der Waals surface area contributed by atoms with Crippen molar-refractivity contribution in [1.29, 1.82) is 5.26 Å². The van der Waals surface area contributed by atoms with Crippen LogP contribution in [0.3, 0.4) is 0 Å². The van der Waals surface area contributed by atoms with Gasteiger partial charge in [0.05, 0.1) is 0 Å². The minimum Gasteiger partial charge on any atom is -0.479 e. The Balaban J connectivity index is 2.43. The smallest absolute Gasteiger partial charge is 0.174 e. The zero-order valence-corrected chi connectivity index (χ0v) is 11.4. The Bertz CT molecular complexity index is 378. The molecule has 3 nitrogen and oxygen atoms in total. The van der Waals surface area contributed by atoms with Crippen molar-refractivity contribution in [2.75, 3.05) is 13.2 Å². The molecule has 0 bridgehead atoms. The predicted molar refractivity (Wildman–Crippen MR) is 73.4 cm³/mol. The molecular weight excluding hydrogens is 224 g/mol. The van der Waals surface area contributed by atoms with Crippen LogP contribution in [0.4, 0.5) is 0 Å². The first-order valence-electron chi connectivity index (χ1n) is 6.46. The number of nitrogens with zero attached hydrogens (tertiary/aromatic N) is 1. The molecule has 0 aliphatic carbocycles. The van der Waals surface area contributed by atoms with Gasteiger partial charge in [0.15, 0.2) is 6.61 Å². The van der Waals surface area contributed by atoms with Crippen LogP contribution >= 0.6 is 0 Å². The molecule has 18 heavy (non-hydrogen) atoms. The summed E-state index contributed by atoms with van der Waals surface area (Å²) in [6, 6.07) is 10.2. The third kappa shape index (κ3) is 5.20. The van der Waals surface area contributed by atoms with E-state index in [1.54, 1.807) is 0 Å². The maximum absolute atomic E-state index is 8.43. The summed E-state index contributed by atoms with van der Waals surface area (Å²) in [5, 5.41) is 11.9. The first-order chi connectivity index (χ1) is 8.63. The van der Waals surface area contributed by atoms with Gasteiger partial charge in [0.2, 0.25) is 0 Å². The average molecular weight is 246 g/mol. The fourth-order valence-corrected chi connectivity index (χ4v) is 1.67. The Morgan fingerprint density at radius 3 is 2.44 bits per heavy atom. The van der Waals surface area contributed by atoms with Gasteiger partial charge < -0.3 is 10.1 Å². The lowest BCUT2D eigenvalue weighted by molar-refractivity contribution is 0.368. The van der Waals surface area contributed by atoms with Gasteiger partial charge in [-0.25, -0.2) is 0 Å². The molecule has 1 aromatic rings. The molecule has 0 aliphatic heterocycles. The summed E-state index contributed by atoms with van der Waals surface area (Å²) in [7, 11) is 0. The van der Waals surface area contributed by atoms with Gasteiger partial charge >= 0.3 is 0 Å². The van der Waals surface area contributed by atoms with Crippen LogP contribution in [0.15, 0.2) is 24.3 Å². The van der Waals surface area contributed by atoms with Gasteiger partial charge in [0, 0.05) is 6.04 Å². The third-order valence-corrected chi connectivity index (χ3v) is 2.86. The molecule has 0 amide bonds. The second-order valence-corrected chi connectivity index (χ2v) is 4.87. The highest BCUT2D eigenvalue weighted by Gasteiger charge is 2.05. The van der Waals surface area contributed by atoms with Crippen LogP contribution < -0.4 is 10.1 Å². The summed E-state index contributed by atoms with van der Waals surface area (Å²) >= 11 is 0. The molecule has 0 saturated heterocycles. The molecule has 98 valence electrons. The van der Waals surface area contributed by atoms with Crippen LogP contribution in [0.1, 0.15) is 38.8 Å². The Kier molecular flexibility index (Phi) is 6.24. The second-order valence-electron chi connectivity index (χ2n) is 4.87. The van der Waals surface area contributed by atoms with Crippen molar-refractivity contribution in [3.63, 3.8) is 0 Å². The summed E-state index contributed by atoms with van der Waals surface area (Å²) in [5.74, 6) is 1.47. The highest BCUT2D eigenvalue weighted by Crippen LogP contribution is 2.17. The molecule has 0 spiro atoms. The number of rotatable bonds is 7. The zero-order valence-electron chi connectivity index (χ0n) is 11.4. The molecular formula is C15H22N2O. The predicted octanol–water partition coefficient (Wildman–Crippen LogP) is 3.29. The molecule has 0 aliphatic rings. The molecule has 0 saturated carbocycles. The Morgan fingerprint density at radius 1 is 1.22 bits per heavy atom. The van der Waals surface area contributed by atoms with E-state index in [-0.39, 0.29) is 6.61 Å². The number of hydrogen-bond donors (Lipinski definition) is 1. The van der Waals surface area contributed by atoms with E-state index < -0.39 is 0 Å². The maximum atomic E-state index is 8.43. The van der Waals surface area contributed by atoms with Crippen molar-refractivity contribution >= 4 is 0 Å². The summed E-state index contributed by atoms with van der Waals surface area (Å²) in [6.07, 6.45) is 1.19. The number of benzene rings is 1. The van der Waals surface area contributed by atoms with E-state index in [4.69, 9.17) is 10.00 Å². The lowest BCUT2D eigenvalue weighted by Gasteiger charge is -2.15. The van der Waals surface area contributed by atoms with E-state index in [0.717, 1.165) is 18.2 Å². The summed E-state index contributed by atoms with van der Waals surface area (Å²) in [5.41, 5.74) is 1.24. The second kappa shape index (κ2) is 7.73. The van der Waals surface area contributed by atoms with Crippen LogP contribution in [0.25, 0.3) is 0 Å². The van der Waals surface area contributed by atoms with Crippen molar-refractivity contribution in [3.05, 3.63) is 29.8 Å². The quantitative estimate of drug-likeness (QED) is 0.803. The molecule has 0 fully saturated rings. The highest BCUT2D eigenvalue weighted by atomic mass is 16.5. The molecule has 1 unspecified atom stereocenters. The van der Waals surface area contributed by atoms with E-state index in [1.807, 2.05) is 30.3 Å². The van der Waals surface area contributed by atoms with Crippen molar-refractivity contribution in [3.8, 4) is 11.8 Å². The van der Waals surface area contributed by atoms with Gasteiger partial charge in [0.25, 0.3) is 0 Å². The topological polar surface area (TPSA) is 45.0 Å². The van der Waals surface area contributed by atoms with Gasteiger partial charge in [-0.2, -0.15) is 5.26 Å². The fraction of sp³-hybridized carbons (Fsp3) is 0.533. The number of nitriles is 1. The van der Waals surface area contributed by atoms with Crippen molar-refractivity contribution < 1.29 is 4.74 Å². The summed E-state index contributed by atoms with van der Waals surface area (Å²) in [4.78, 5) is 0. The summed E-state index contributed by atoms with van der Waals surface area (Å²) < 4.78 is 5.22. The van der Waals surface area contributed by atoms with E-state index in [9.17, 15) is 0 Å². The number of hydrogen-bond acceptors (Lipinski definition) is 3. The Morgan fingerprint density at radius 2 is 1.89 bits per heavy atom. The Hall–Kier alpha value is -1.53. The lowest BCUT2D eigenvalue weighted by atomic mass is 10.1. The van der Waals surface area contributed by atoms with Gasteiger partial charge in [-0.1, -0.05) is 26.0 Å². The van der Waals surface area contributed by atoms with E-state index in [0.29, 0.717) is 6.04 Å². The average Bonchev–Trinajstić information content (AvgIpc) is 2.36. The molecule has 1 N–H and O–H groups in total. The van der Waals surface area contributed by atoms with E-state index >= 15 is 0 Å². The molecule has 3 heteroatoms. The fourth-order valence-electron chi connectivity index (χ4n) is 1.67. The summed E-state index contributed by atoms with van der Waals surface area (Å²) in [6.45, 7) is 7.75. The zero-order chi connectivity index (χ0) is 13.4. The SMILES string of the molecule is CC(C)CCNC(C)c1ccc(OCC#N)cc1. The standard InChI is InChI=1S/C15H22N2O/c1-12(2)8-10-17-13(3)14-4-6-15(7-5-14)18-11-9-16/h4-7,12-13,17H,8,10-11H2,1-3H3. The molecule has 0 radical (unpaired) electrons. The Labute approximate surface area is 110 Å². The molecule has 0 heterocycles. The van der Waals surface area contributed by atoms with Crippen molar-refractivity contribution in [1.82, 2.24) is 5.32 Å². The first-order valence-corrected chi connectivity index (χ1v) is 6.46. The minimum atomic E-state index is 0.0987. The molecule has 0 aromatic heterocycles. The van der Waals surface area contributed by atoms with Gasteiger partial charge in [0.1, 0.15) is 11.8 Å². The van der Waals surface area contributed by atoms with Crippen LogP contribution in [-0.2, 0) is 0 Å². The monoisotopic (exact) mass is 246 g/mol. The minimum absolute atomic E-state index is 0.0987. The number of nitrogens with one attached hydrogen (secondary N) is 1. The van der Waals surface area contributed by atoms with Gasteiger partial charge in [-0.15, -0.1) is 0 Å². The third-order valence-electron chi connectivity index (χ3n) is 2.86. The largest absolute Gasteiger partial charge is 0.479 e. The normalized spacial score (nSPS) is 12.2. The van der Waals surface area contributed by atoms with Crippen LogP contribution in [-0.4, -0.2) is 13.2 Å². The highest BCUT2D eigenvalue weighted by molar-refractivity contribution is 5.29. The first kappa shape index (κ1) is 14.5. The van der Waals surface area contributed by atoms with Crippen LogP contribution in [0.2, 0.25) is 0 Å². The molecule has 1 atom stereocenters. The van der Waals surface area contributed by atoms with Gasteiger partial charge in [-0.3, -0.25) is 0 Å². The van der Waals surface area contributed by atoms with Crippen LogP contribution in [0.5, 0.6) is 5.75 Å².